The van der Waals surface area contributed by atoms with E-state index in [1.165, 1.54) is 0 Å². The lowest BCUT2D eigenvalue weighted by Gasteiger charge is -2.09. The monoisotopic (exact) mass is 393 g/mol. The second-order valence-corrected chi connectivity index (χ2v) is 7.11. The van der Waals surface area contributed by atoms with Gasteiger partial charge in [-0.25, -0.2) is 9.97 Å². The Balaban J connectivity index is 1.88. The summed E-state index contributed by atoms with van der Waals surface area (Å²) < 4.78 is 0. The van der Waals surface area contributed by atoms with Crippen molar-refractivity contribution in [2.45, 2.75) is 33.1 Å². The number of rotatable bonds is 7. The fourth-order valence-electron chi connectivity index (χ4n) is 2.95. The van der Waals surface area contributed by atoms with Crippen molar-refractivity contribution in [2.24, 2.45) is 0 Å². The number of carbonyl (C=O) groups is 1. The Kier molecular flexibility index (Phi) is 6.77. The summed E-state index contributed by atoms with van der Waals surface area (Å²) in [6, 6.07) is 17.3. The number of nitrogens with one attached hydrogen (secondary N) is 1. The summed E-state index contributed by atoms with van der Waals surface area (Å²) in [4.78, 5) is 21.6. The number of amides is 1. The number of hydrogen-bond donors (Lipinski definition) is 1. The number of halogens is 1. The van der Waals surface area contributed by atoms with E-state index in [1.54, 1.807) is 0 Å². The molecule has 0 saturated carbocycles. The van der Waals surface area contributed by atoms with Gasteiger partial charge in [-0.2, -0.15) is 0 Å². The molecule has 1 N–H and O–H groups in total. The number of aryl methyl sites for hydroxylation is 1. The molecule has 2 aromatic carbocycles. The highest BCUT2D eigenvalue weighted by atomic mass is 35.5. The standard InChI is InChI=1S/C23H24ClN3O/c1-3-11-25-23(28)18-9-5-7-16(12-18)13-21-15-20(4-2)26-22(27-21)17-8-6-10-19(24)14-17/h5-10,12,14-15H,3-4,11,13H2,1-2H3,(H,25,28). The molecule has 1 amide bonds. The molecule has 4 nitrogen and oxygen atoms in total. The maximum atomic E-state index is 12.2. The van der Waals surface area contributed by atoms with Crippen LogP contribution in [-0.2, 0) is 12.8 Å². The molecular formula is C23H24ClN3O. The van der Waals surface area contributed by atoms with Gasteiger partial charge in [-0.3, -0.25) is 4.79 Å². The molecule has 0 aliphatic rings. The summed E-state index contributed by atoms with van der Waals surface area (Å²) >= 11 is 6.13. The van der Waals surface area contributed by atoms with Crippen molar-refractivity contribution in [3.63, 3.8) is 0 Å². The zero-order valence-electron chi connectivity index (χ0n) is 16.2. The summed E-state index contributed by atoms with van der Waals surface area (Å²) in [5.41, 5.74) is 4.52. The Bertz CT molecular complexity index is 972. The molecule has 1 heterocycles. The average molecular weight is 394 g/mol. The molecule has 3 rings (SSSR count). The van der Waals surface area contributed by atoms with Crippen molar-refractivity contribution >= 4 is 17.5 Å². The molecule has 0 unspecified atom stereocenters. The summed E-state index contributed by atoms with van der Waals surface area (Å²) in [7, 11) is 0. The highest BCUT2D eigenvalue weighted by Gasteiger charge is 2.10. The van der Waals surface area contributed by atoms with E-state index >= 15 is 0 Å². The lowest BCUT2D eigenvalue weighted by molar-refractivity contribution is 0.0953. The molecule has 0 saturated heterocycles. The molecule has 0 spiro atoms. The molecule has 0 bridgehead atoms. The predicted octanol–water partition coefficient (Wildman–Crippen LogP) is 5.09. The van der Waals surface area contributed by atoms with Crippen molar-refractivity contribution in [2.75, 3.05) is 6.54 Å². The second kappa shape index (κ2) is 9.47. The molecule has 0 radical (unpaired) electrons. The van der Waals surface area contributed by atoms with Gasteiger partial charge in [-0.1, -0.05) is 49.7 Å². The molecule has 0 fully saturated rings. The van der Waals surface area contributed by atoms with Gasteiger partial charge in [-0.05, 0) is 48.7 Å². The van der Waals surface area contributed by atoms with Gasteiger partial charge in [0.2, 0.25) is 0 Å². The van der Waals surface area contributed by atoms with Crippen LogP contribution in [0.2, 0.25) is 5.02 Å². The lowest BCUT2D eigenvalue weighted by Crippen LogP contribution is -2.24. The largest absolute Gasteiger partial charge is 0.352 e. The summed E-state index contributed by atoms with van der Waals surface area (Å²) in [6.07, 6.45) is 2.37. The number of aromatic nitrogens is 2. The van der Waals surface area contributed by atoms with Crippen LogP contribution in [0.5, 0.6) is 0 Å². The first-order valence-electron chi connectivity index (χ1n) is 9.59. The topological polar surface area (TPSA) is 54.9 Å². The van der Waals surface area contributed by atoms with Gasteiger partial charge in [0.1, 0.15) is 0 Å². The zero-order valence-corrected chi connectivity index (χ0v) is 17.0. The smallest absolute Gasteiger partial charge is 0.251 e. The Morgan fingerprint density at radius 2 is 1.79 bits per heavy atom. The molecule has 0 atom stereocenters. The highest BCUT2D eigenvalue weighted by molar-refractivity contribution is 6.30. The number of nitrogens with zero attached hydrogens (tertiary/aromatic N) is 2. The van der Waals surface area contributed by atoms with Gasteiger partial charge < -0.3 is 5.32 Å². The first-order valence-corrected chi connectivity index (χ1v) is 9.96. The van der Waals surface area contributed by atoms with E-state index in [4.69, 9.17) is 16.6 Å². The van der Waals surface area contributed by atoms with Gasteiger partial charge >= 0.3 is 0 Å². The fourth-order valence-corrected chi connectivity index (χ4v) is 3.14. The van der Waals surface area contributed by atoms with Crippen molar-refractivity contribution < 1.29 is 4.79 Å². The van der Waals surface area contributed by atoms with E-state index in [0.29, 0.717) is 29.4 Å². The van der Waals surface area contributed by atoms with E-state index in [0.717, 1.165) is 35.4 Å². The normalized spacial score (nSPS) is 10.7. The molecule has 28 heavy (non-hydrogen) atoms. The highest BCUT2D eigenvalue weighted by Crippen LogP contribution is 2.21. The van der Waals surface area contributed by atoms with E-state index in [2.05, 4.69) is 17.2 Å². The average Bonchev–Trinajstić information content (AvgIpc) is 2.72. The second-order valence-electron chi connectivity index (χ2n) is 6.67. The Labute approximate surface area is 171 Å². The van der Waals surface area contributed by atoms with Crippen molar-refractivity contribution in [1.82, 2.24) is 15.3 Å². The first kappa shape index (κ1) is 20.0. The van der Waals surface area contributed by atoms with E-state index in [1.807, 2.05) is 61.5 Å². The molecule has 0 aliphatic heterocycles. The minimum Gasteiger partial charge on any atom is -0.352 e. The van der Waals surface area contributed by atoms with E-state index in [9.17, 15) is 4.79 Å². The van der Waals surface area contributed by atoms with Crippen LogP contribution in [0, 0.1) is 0 Å². The van der Waals surface area contributed by atoms with Gasteiger partial charge in [0.15, 0.2) is 5.82 Å². The summed E-state index contributed by atoms with van der Waals surface area (Å²) in [5.74, 6) is 0.633. The minimum atomic E-state index is -0.0414. The predicted molar refractivity (Wildman–Crippen MR) is 114 cm³/mol. The third-order valence-electron chi connectivity index (χ3n) is 4.39. The zero-order chi connectivity index (χ0) is 19.9. The van der Waals surface area contributed by atoms with Crippen LogP contribution < -0.4 is 5.32 Å². The fraction of sp³-hybridized carbons (Fsp3) is 0.261. The van der Waals surface area contributed by atoms with Crippen LogP contribution in [0.25, 0.3) is 11.4 Å². The quantitative estimate of drug-likeness (QED) is 0.608. The Morgan fingerprint density at radius 3 is 2.54 bits per heavy atom. The van der Waals surface area contributed by atoms with E-state index < -0.39 is 0 Å². The maximum Gasteiger partial charge on any atom is 0.251 e. The molecule has 144 valence electrons. The number of hydrogen-bond acceptors (Lipinski definition) is 3. The van der Waals surface area contributed by atoms with Crippen molar-refractivity contribution in [3.05, 3.63) is 82.1 Å². The van der Waals surface area contributed by atoms with Crippen LogP contribution in [0.1, 0.15) is 47.6 Å². The number of carbonyl (C=O) groups excluding carboxylic acids is 1. The SMILES string of the molecule is CCCNC(=O)c1cccc(Cc2cc(CC)nc(-c3cccc(Cl)c3)n2)c1. The molecule has 1 aromatic heterocycles. The molecule has 0 aliphatic carbocycles. The molecule has 5 heteroatoms. The first-order chi connectivity index (χ1) is 13.6. The van der Waals surface area contributed by atoms with Crippen LogP contribution in [-0.4, -0.2) is 22.4 Å². The Hall–Kier alpha value is -2.72. The van der Waals surface area contributed by atoms with E-state index in [-0.39, 0.29) is 5.91 Å². The minimum absolute atomic E-state index is 0.0414. The van der Waals surface area contributed by atoms with Crippen molar-refractivity contribution in [1.29, 1.82) is 0 Å². The van der Waals surface area contributed by atoms with Gasteiger partial charge in [0.05, 0.1) is 0 Å². The maximum absolute atomic E-state index is 12.2. The molecular weight excluding hydrogens is 370 g/mol. The molecule has 3 aromatic rings. The van der Waals surface area contributed by atoms with Gasteiger partial charge in [0.25, 0.3) is 5.91 Å². The van der Waals surface area contributed by atoms with Crippen LogP contribution >= 0.6 is 11.6 Å². The van der Waals surface area contributed by atoms with Gasteiger partial charge in [-0.15, -0.1) is 0 Å². The van der Waals surface area contributed by atoms with Crippen LogP contribution in [0.15, 0.2) is 54.6 Å². The van der Waals surface area contributed by atoms with Gasteiger partial charge in [0, 0.05) is 40.5 Å². The van der Waals surface area contributed by atoms with Crippen LogP contribution in [0.3, 0.4) is 0 Å². The summed E-state index contributed by atoms with van der Waals surface area (Å²) in [6.45, 7) is 4.79. The number of benzene rings is 2. The van der Waals surface area contributed by atoms with Crippen molar-refractivity contribution in [3.8, 4) is 11.4 Å². The third kappa shape index (κ3) is 5.17. The third-order valence-corrected chi connectivity index (χ3v) is 4.62. The summed E-state index contributed by atoms with van der Waals surface area (Å²) in [5, 5.41) is 3.58. The van der Waals surface area contributed by atoms with Crippen LogP contribution in [0.4, 0.5) is 0 Å². The lowest BCUT2D eigenvalue weighted by atomic mass is 10.0. The Morgan fingerprint density at radius 1 is 1.00 bits per heavy atom.